The van der Waals surface area contributed by atoms with E-state index in [1.54, 1.807) is 12.3 Å². The Morgan fingerprint density at radius 2 is 1.86 bits per heavy atom. The Morgan fingerprint density at radius 3 is 2.52 bits per heavy atom. The van der Waals surface area contributed by atoms with E-state index < -0.39 is 0 Å². The molecule has 0 radical (unpaired) electrons. The summed E-state index contributed by atoms with van der Waals surface area (Å²) in [6, 6.07) is 13.4. The van der Waals surface area contributed by atoms with E-state index in [2.05, 4.69) is 22.5 Å². The van der Waals surface area contributed by atoms with Gasteiger partial charge in [-0.3, -0.25) is 4.79 Å². The Bertz CT molecular complexity index is 802. The van der Waals surface area contributed by atoms with E-state index in [1.807, 2.05) is 61.8 Å². The average molecular weight is 437 g/mol. The molecule has 2 N–H and O–H groups in total. The van der Waals surface area contributed by atoms with Crippen LogP contribution in [0.5, 0.6) is 0 Å². The summed E-state index contributed by atoms with van der Waals surface area (Å²) < 4.78 is 7.88. The van der Waals surface area contributed by atoms with Crippen molar-refractivity contribution in [3.63, 3.8) is 0 Å². The summed E-state index contributed by atoms with van der Waals surface area (Å²) in [5, 5.41) is 5.60. The molecule has 2 aromatic rings. The first kappa shape index (κ1) is 24.8. The number of fused-ring (bicyclic) bond motifs is 1. The molecule has 0 bridgehead atoms. The van der Waals surface area contributed by atoms with E-state index in [9.17, 15) is 4.79 Å². The van der Waals surface area contributed by atoms with Crippen LogP contribution in [0.3, 0.4) is 0 Å². The minimum Gasteiger partial charge on any atom is -0.490 e. The molecular formula is C21H29ClN4O2S. The van der Waals surface area contributed by atoms with Crippen LogP contribution in [-0.2, 0) is 9.53 Å². The number of pyridine rings is 1. The lowest BCUT2D eigenvalue weighted by molar-refractivity contribution is -0.113. The van der Waals surface area contributed by atoms with E-state index in [0.29, 0.717) is 23.9 Å². The summed E-state index contributed by atoms with van der Waals surface area (Å²) in [6.45, 7) is 2.70. The van der Waals surface area contributed by atoms with E-state index >= 15 is 0 Å². The second-order valence-corrected chi connectivity index (χ2v) is 7.30. The van der Waals surface area contributed by atoms with Gasteiger partial charge in [0.25, 0.3) is 5.91 Å². The van der Waals surface area contributed by atoms with E-state index in [1.165, 1.54) is 11.9 Å². The Hall–Kier alpha value is -2.22. The summed E-state index contributed by atoms with van der Waals surface area (Å²) in [7, 11) is 5.62. The predicted molar refractivity (Wildman–Crippen MR) is 123 cm³/mol. The highest BCUT2D eigenvalue weighted by atomic mass is 35.5. The van der Waals surface area contributed by atoms with Gasteiger partial charge >= 0.3 is 0 Å². The number of amides is 1. The van der Waals surface area contributed by atoms with Gasteiger partial charge in [0.15, 0.2) is 11.5 Å². The van der Waals surface area contributed by atoms with Crippen LogP contribution in [0.2, 0.25) is 0 Å². The molecule has 158 valence electrons. The lowest BCUT2D eigenvalue weighted by atomic mass is 10.1. The number of nitrogens with zero attached hydrogens (tertiary/aromatic N) is 2. The van der Waals surface area contributed by atoms with Crippen molar-refractivity contribution < 1.29 is 9.53 Å². The standard InChI is InChI=1S/C19H21N3O2S.C2H7N.ClH/c1-3-4-13-24-18-14-9-5-6-10-15(14)25-22(2)17(18)19(23)21-16-11-7-8-12-20-16;1-3-2;/h5-12H,3-4,13H2,1-2H3,(H,20,21,23);3H,1-2H3;1H. The molecule has 0 unspecified atom stereocenters. The number of ether oxygens (including phenoxy) is 1. The molecule has 2 heterocycles. The maximum Gasteiger partial charge on any atom is 0.277 e. The minimum absolute atomic E-state index is 0. The molecular weight excluding hydrogens is 408 g/mol. The van der Waals surface area contributed by atoms with Gasteiger partial charge in [-0.1, -0.05) is 31.5 Å². The van der Waals surface area contributed by atoms with Gasteiger partial charge in [0.1, 0.15) is 5.82 Å². The summed E-state index contributed by atoms with van der Waals surface area (Å²) >= 11 is 1.52. The monoisotopic (exact) mass is 436 g/mol. The summed E-state index contributed by atoms with van der Waals surface area (Å²) in [6.07, 6.45) is 3.63. The predicted octanol–water partition coefficient (Wildman–Crippen LogP) is 4.42. The van der Waals surface area contributed by atoms with Crippen LogP contribution in [0.4, 0.5) is 5.82 Å². The topological polar surface area (TPSA) is 66.5 Å². The highest BCUT2D eigenvalue weighted by Gasteiger charge is 2.30. The van der Waals surface area contributed by atoms with Crippen molar-refractivity contribution in [2.24, 2.45) is 0 Å². The minimum atomic E-state index is -0.227. The van der Waals surface area contributed by atoms with Crippen molar-refractivity contribution in [1.82, 2.24) is 14.6 Å². The molecule has 1 aliphatic rings. The van der Waals surface area contributed by atoms with Crippen LogP contribution < -0.4 is 10.6 Å². The third kappa shape index (κ3) is 6.96. The van der Waals surface area contributed by atoms with Gasteiger partial charge in [-0.05, 0) is 56.7 Å². The smallest absolute Gasteiger partial charge is 0.277 e. The van der Waals surface area contributed by atoms with Gasteiger partial charge in [0.05, 0.1) is 6.61 Å². The molecule has 6 nitrogen and oxygen atoms in total. The number of anilines is 1. The number of benzene rings is 1. The highest BCUT2D eigenvalue weighted by molar-refractivity contribution is 7.97. The molecule has 1 amide bonds. The number of halogens is 1. The van der Waals surface area contributed by atoms with Crippen molar-refractivity contribution in [1.29, 1.82) is 0 Å². The quantitative estimate of drug-likeness (QED) is 0.516. The zero-order valence-corrected chi connectivity index (χ0v) is 18.9. The molecule has 8 heteroatoms. The van der Waals surface area contributed by atoms with Crippen LogP contribution in [0.25, 0.3) is 5.76 Å². The zero-order chi connectivity index (χ0) is 20.4. The van der Waals surface area contributed by atoms with Crippen LogP contribution in [0.1, 0.15) is 25.3 Å². The molecule has 1 aliphatic heterocycles. The van der Waals surface area contributed by atoms with Crippen LogP contribution in [0.15, 0.2) is 59.3 Å². The van der Waals surface area contributed by atoms with Crippen LogP contribution in [-0.4, -0.2) is 42.9 Å². The first-order valence-electron chi connectivity index (χ1n) is 9.31. The SMILES string of the molecule is CCCCOC1=C(C(=O)Nc2ccccn2)N(C)Sc2ccccc21.CNC.Cl. The van der Waals surface area contributed by atoms with E-state index in [4.69, 9.17) is 4.74 Å². The number of likely N-dealkylation sites (N-methyl/N-ethyl adjacent to an activating group) is 1. The second-order valence-electron chi connectivity index (χ2n) is 6.13. The third-order valence-corrected chi connectivity index (χ3v) is 4.77. The van der Waals surface area contributed by atoms with Crippen molar-refractivity contribution >= 4 is 41.8 Å². The fourth-order valence-corrected chi connectivity index (χ4v) is 3.47. The fourth-order valence-electron chi connectivity index (χ4n) is 2.52. The van der Waals surface area contributed by atoms with Crippen molar-refractivity contribution in [3.05, 3.63) is 59.9 Å². The number of aromatic nitrogens is 1. The summed E-state index contributed by atoms with van der Waals surface area (Å²) in [4.78, 5) is 18.1. The number of nitrogens with one attached hydrogen (secondary N) is 2. The molecule has 0 saturated carbocycles. The van der Waals surface area contributed by atoms with Crippen molar-refractivity contribution in [3.8, 4) is 0 Å². The Balaban J connectivity index is 0.000000990. The molecule has 0 spiro atoms. The highest BCUT2D eigenvalue weighted by Crippen LogP contribution is 2.40. The maximum absolute atomic E-state index is 12.9. The largest absolute Gasteiger partial charge is 0.490 e. The van der Waals surface area contributed by atoms with Gasteiger partial charge in [0.2, 0.25) is 0 Å². The average Bonchev–Trinajstić information content (AvgIpc) is 2.69. The van der Waals surface area contributed by atoms with Gasteiger partial charge in [-0.25, -0.2) is 4.98 Å². The lowest BCUT2D eigenvalue weighted by Crippen LogP contribution is -2.28. The molecule has 3 rings (SSSR count). The third-order valence-electron chi connectivity index (χ3n) is 3.76. The fraction of sp³-hybridized carbons (Fsp3) is 0.333. The van der Waals surface area contributed by atoms with E-state index in [0.717, 1.165) is 23.3 Å². The zero-order valence-electron chi connectivity index (χ0n) is 17.3. The van der Waals surface area contributed by atoms with Crippen LogP contribution in [0, 0.1) is 0 Å². The summed E-state index contributed by atoms with van der Waals surface area (Å²) in [5.74, 6) is 0.915. The molecule has 0 aliphatic carbocycles. The molecule has 29 heavy (non-hydrogen) atoms. The first-order chi connectivity index (χ1) is 13.6. The van der Waals surface area contributed by atoms with E-state index in [-0.39, 0.29) is 18.3 Å². The summed E-state index contributed by atoms with van der Waals surface area (Å²) in [5.41, 5.74) is 1.46. The number of hydrogen-bond acceptors (Lipinski definition) is 6. The number of hydrogen-bond donors (Lipinski definition) is 2. The van der Waals surface area contributed by atoms with Gasteiger partial charge in [-0.15, -0.1) is 12.4 Å². The Morgan fingerprint density at radius 1 is 1.17 bits per heavy atom. The molecule has 1 aromatic heterocycles. The molecule has 0 atom stereocenters. The molecule has 0 saturated heterocycles. The molecule has 0 fully saturated rings. The first-order valence-corrected chi connectivity index (χ1v) is 10.1. The van der Waals surface area contributed by atoms with Crippen molar-refractivity contribution in [2.75, 3.05) is 33.1 Å². The number of rotatable bonds is 6. The second kappa shape index (κ2) is 13.1. The normalized spacial score (nSPS) is 12.2. The Kier molecular flexibility index (Phi) is 11.2. The van der Waals surface area contributed by atoms with Gasteiger partial charge in [-0.2, -0.15) is 0 Å². The molecule has 1 aromatic carbocycles. The number of carbonyl (C=O) groups excluding carboxylic acids is 1. The van der Waals surface area contributed by atoms with Crippen LogP contribution >= 0.6 is 24.4 Å². The van der Waals surface area contributed by atoms with Gasteiger partial charge < -0.3 is 19.7 Å². The van der Waals surface area contributed by atoms with Gasteiger partial charge in [0, 0.05) is 23.7 Å². The number of unbranched alkanes of at least 4 members (excludes halogenated alkanes) is 1. The Labute approximate surface area is 183 Å². The maximum atomic E-state index is 12.9. The lowest BCUT2D eigenvalue weighted by Gasteiger charge is -2.29. The number of carbonyl (C=O) groups is 1. The van der Waals surface area contributed by atoms with Crippen molar-refractivity contribution in [2.45, 2.75) is 24.7 Å².